The number of carbonyl (C=O) groups is 2. The van der Waals surface area contributed by atoms with Crippen LogP contribution in [0.5, 0.6) is 5.75 Å². The molecule has 0 aliphatic carbocycles. The van der Waals surface area contributed by atoms with Crippen molar-refractivity contribution in [1.29, 1.82) is 0 Å². The zero-order valence-electron chi connectivity index (χ0n) is 20.1. The number of amides is 1. The van der Waals surface area contributed by atoms with E-state index in [-0.39, 0.29) is 17.4 Å². The number of halogens is 1. The van der Waals surface area contributed by atoms with E-state index in [9.17, 15) is 14.7 Å². The summed E-state index contributed by atoms with van der Waals surface area (Å²) in [5.74, 6) is -1.11. The Bertz CT molecular complexity index is 1060. The third kappa shape index (κ3) is 5.62. The van der Waals surface area contributed by atoms with E-state index in [1.54, 1.807) is 18.2 Å². The van der Waals surface area contributed by atoms with Gasteiger partial charge in [0.2, 0.25) is 0 Å². The average Bonchev–Trinajstić information content (AvgIpc) is 3.07. The number of nitrogens with zero attached hydrogens (tertiary/aromatic N) is 1. The van der Waals surface area contributed by atoms with Crippen molar-refractivity contribution in [3.8, 4) is 5.75 Å². The number of hydrogen-bond donors (Lipinski definition) is 1. The number of aryl methyl sites for hydroxylation is 1. The second-order valence-electron chi connectivity index (χ2n) is 8.44. The van der Waals surface area contributed by atoms with Gasteiger partial charge in [-0.1, -0.05) is 42.8 Å². The maximum Gasteiger partial charge on any atom is 0.295 e. The molecule has 182 valence electrons. The van der Waals surface area contributed by atoms with Crippen LogP contribution in [0, 0.1) is 0 Å². The molecule has 6 nitrogen and oxygen atoms in total. The summed E-state index contributed by atoms with van der Waals surface area (Å²) in [5, 5.41) is 11.5. The summed E-state index contributed by atoms with van der Waals surface area (Å²) in [4.78, 5) is 27.7. The summed E-state index contributed by atoms with van der Waals surface area (Å²) in [6.45, 7) is 9.06. The molecule has 0 aromatic heterocycles. The fourth-order valence-corrected chi connectivity index (χ4v) is 4.26. The van der Waals surface area contributed by atoms with Crippen LogP contribution in [0.15, 0.2) is 48.0 Å². The van der Waals surface area contributed by atoms with Crippen molar-refractivity contribution in [3.05, 3.63) is 69.8 Å². The SMILES string of the molecule is CCOc1ccc(C(O)=C2C(=O)C(=O)N(CCCOC(C)C)C2c2ccc(CC)cc2)cc1Cl. The van der Waals surface area contributed by atoms with Crippen molar-refractivity contribution < 1.29 is 24.2 Å². The summed E-state index contributed by atoms with van der Waals surface area (Å²) >= 11 is 6.31. The molecule has 7 heteroatoms. The molecule has 0 spiro atoms. The van der Waals surface area contributed by atoms with Crippen LogP contribution in [0.1, 0.15) is 56.8 Å². The molecule has 0 bridgehead atoms. The van der Waals surface area contributed by atoms with Crippen LogP contribution in [0.4, 0.5) is 0 Å². The molecule has 1 unspecified atom stereocenters. The highest BCUT2D eigenvalue weighted by Crippen LogP contribution is 2.40. The number of carbonyl (C=O) groups excluding carboxylic acids is 2. The number of ketones is 1. The normalized spacial score (nSPS) is 17.6. The Balaban J connectivity index is 2.04. The van der Waals surface area contributed by atoms with E-state index < -0.39 is 17.7 Å². The molecule has 0 radical (unpaired) electrons. The van der Waals surface area contributed by atoms with Crippen molar-refractivity contribution >= 4 is 29.1 Å². The quantitative estimate of drug-likeness (QED) is 0.207. The van der Waals surface area contributed by atoms with Gasteiger partial charge < -0.3 is 19.5 Å². The number of hydrogen-bond acceptors (Lipinski definition) is 5. The summed E-state index contributed by atoms with van der Waals surface area (Å²) in [6, 6.07) is 11.9. The Morgan fingerprint density at radius 2 is 1.82 bits per heavy atom. The number of aliphatic hydroxyl groups excluding tert-OH is 1. The summed E-state index contributed by atoms with van der Waals surface area (Å²) in [6.07, 6.45) is 1.53. The number of likely N-dealkylation sites (tertiary alicyclic amines) is 1. The molecule has 3 rings (SSSR count). The lowest BCUT2D eigenvalue weighted by molar-refractivity contribution is -0.140. The lowest BCUT2D eigenvalue weighted by Gasteiger charge is -2.25. The third-order valence-electron chi connectivity index (χ3n) is 5.74. The standard InChI is InChI=1S/C27H32ClNO5/c1-5-18-8-10-19(11-9-18)24-23(25(30)20-12-13-22(33-6-2)21(28)16-20)26(31)27(32)29(24)14-7-15-34-17(3)4/h8-13,16-17,24,30H,5-7,14-15H2,1-4H3. The molecule has 1 aliphatic rings. The smallest absolute Gasteiger partial charge is 0.295 e. The van der Waals surface area contributed by atoms with Crippen LogP contribution < -0.4 is 4.74 Å². The number of aliphatic hydroxyl groups is 1. The van der Waals surface area contributed by atoms with Gasteiger partial charge in [0.05, 0.1) is 29.3 Å². The Morgan fingerprint density at radius 1 is 1.12 bits per heavy atom. The van der Waals surface area contributed by atoms with E-state index in [2.05, 4.69) is 6.92 Å². The van der Waals surface area contributed by atoms with Gasteiger partial charge in [0.1, 0.15) is 11.5 Å². The lowest BCUT2D eigenvalue weighted by Crippen LogP contribution is -2.31. The highest BCUT2D eigenvalue weighted by molar-refractivity contribution is 6.46. The van der Waals surface area contributed by atoms with Crippen LogP contribution in [0.25, 0.3) is 5.76 Å². The van der Waals surface area contributed by atoms with Crippen LogP contribution in [0.2, 0.25) is 5.02 Å². The Hall–Kier alpha value is -2.83. The van der Waals surface area contributed by atoms with E-state index in [0.717, 1.165) is 17.5 Å². The van der Waals surface area contributed by atoms with Crippen LogP contribution in [0.3, 0.4) is 0 Å². The summed E-state index contributed by atoms with van der Waals surface area (Å²) < 4.78 is 11.1. The Labute approximate surface area is 206 Å². The van der Waals surface area contributed by atoms with E-state index in [4.69, 9.17) is 21.1 Å². The Kier molecular flexibility index (Phi) is 8.75. The van der Waals surface area contributed by atoms with E-state index in [1.165, 1.54) is 4.90 Å². The predicted molar refractivity (Wildman–Crippen MR) is 133 cm³/mol. The summed E-state index contributed by atoms with van der Waals surface area (Å²) in [7, 11) is 0. The van der Waals surface area contributed by atoms with E-state index in [0.29, 0.717) is 42.5 Å². The van der Waals surface area contributed by atoms with Crippen molar-refractivity contribution in [2.75, 3.05) is 19.8 Å². The monoisotopic (exact) mass is 485 g/mol. The number of rotatable bonds is 10. The average molecular weight is 486 g/mol. The van der Waals surface area contributed by atoms with Gasteiger partial charge in [-0.15, -0.1) is 0 Å². The highest BCUT2D eigenvalue weighted by atomic mass is 35.5. The minimum Gasteiger partial charge on any atom is -0.507 e. The molecule has 2 aromatic rings. The molecule has 34 heavy (non-hydrogen) atoms. The third-order valence-corrected chi connectivity index (χ3v) is 6.04. The van der Waals surface area contributed by atoms with E-state index in [1.807, 2.05) is 45.0 Å². The molecular weight excluding hydrogens is 454 g/mol. The van der Waals surface area contributed by atoms with Crippen molar-refractivity contribution in [3.63, 3.8) is 0 Å². The first-order chi connectivity index (χ1) is 16.3. The molecule has 0 saturated carbocycles. The van der Waals surface area contributed by atoms with E-state index >= 15 is 0 Å². The zero-order chi connectivity index (χ0) is 24.8. The van der Waals surface area contributed by atoms with Gasteiger partial charge in [-0.2, -0.15) is 0 Å². The minimum atomic E-state index is -0.711. The van der Waals surface area contributed by atoms with Gasteiger partial charge in [-0.25, -0.2) is 0 Å². The highest BCUT2D eigenvalue weighted by Gasteiger charge is 2.45. The first-order valence-corrected chi connectivity index (χ1v) is 12.1. The van der Waals surface area contributed by atoms with Crippen molar-refractivity contribution in [2.45, 2.75) is 52.7 Å². The second kappa shape index (κ2) is 11.5. The molecule has 1 saturated heterocycles. The van der Waals surface area contributed by atoms with Gasteiger partial charge in [-0.05, 0) is 62.9 Å². The van der Waals surface area contributed by atoms with Gasteiger partial charge in [0, 0.05) is 18.7 Å². The molecule has 2 aromatic carbocycles. The molecule has 1 fully saturated rings. The molecule has 1 aliphatic heterocycles. The van der Waals surface area contributed by atoms with Gasteiger partial charge in [-0.3, -0.25) is 9.59 Å². The van der Waals surface area contributed by atoms with Crippen LogP contribution in [-0.2, 0) is 20.7 Å². The number of Topliss-reactive ketones (excluding diaryl/α,β-unsaturated/α-hetero) is 1. The lowest BCUT2D eigenvalue weighted by atomic mass is 9.94. The largest absolute Gasteiger partial charge is 0.507 e. The van der Waals surface area contributed by atoms with Crippen molar-refractivity contribution in [2.24, 2.45) is 0 Å². The van der Waals surface area contributed by atoms with Crippen LogP contribution >= 0.6 is 11.6 Å². The van der Waals surface area contributed by atoms with Gasteiger partial charge in [0.15, 0.2) is 0 Å². The molecular formula is C27H32ClNO5. The van der Waals surface area contributed by atoms with Crippen LogP contribution in [-0.4, -0.2) is 47.6 Å². The maximum absolute atomic E-state index is 13.1. The van der Waals surface area contributed by atoms with Crippen molar-refractivity contribution in [1.82, 2.24) is 4.90 Å². The summed E-state index contributed by atoms with van der Waals surface area (Å²) in [5.41, 5.74) is 2.31. The first kappa shape index (κ1) is 25.8. The molecule has 1 atom stereocenters. The topological polar surface area (TPSA) is 76.1 Å². The Morgan fingerprint density at radius 3 is 2.41 bits per heavy atom. The van der Waals surface area contributed by atoms with Gasteiger partial charge >= 0.3 is 0 Å². The second-order valence-corrected chi connectivity index (χ2v) is 8.85. The first-order valence-electron chi connectivity index (χ1n) is 11.7. The fourth-order valence-electron chi connectivity index (χ4n) is 4.02. The zero-order valence-corrected chi connectivity index (χ0v) is 20.9. The number of benzene rings is 2. The number of ether oxygens (including phenoxy) is 2. The maximum atomic E-state index is 13.1. The predicted octanol–water partition coefficient (Wildman–Crippen LogP) is 5.54. The minimum absolute atomic E-state index is 0.0549. The fraction of sp³-hybridized carbons (Fsp3) is 0.407. The molecule has 1 amide bonds. The van der Waals surface area contributed by atoms with Gasteiger partial charge in [0.25, 0.3) is 11.7 Å². The molecule has 1 N–H and O–H groups in total. The molecule has 1 heterocycles.